The number of nitrogens with zero attached hydrogens (tertiary/aromatic N) is 1. The topological polar surface area (TPSA) is 29.3 Å². The van der Waals surface area contributed by atoms with E-state index in [9.17, 15) is 0 Å². The number of thioether (sulfide) groups is 1. The summed E-state index contributed by atoms with van der Waals surface area (Å²) in [7, 11) is 0. The van der Waals surface area contributed by atoms with Gasteiger partial charge in [-0.1, -0.05) is 0 Å². The third kappa shape index (κ3) is 2.38. The first kappa shape index (κ1) is 10.4. The third-order valence-electron chi connectivity index (χ3n) is 2.85. The van der Waals surface area contributed by atoms with Crippen LogP contribution >= 0.6 is 11.8 Å². The number of likely N-dealkylation sites (tertiary alicyclic amines) is 1. The number of hydrogen-bond acceptors (Lipinski definition) is 3. The van der Waals surface area contributed by atoms with E-state index in [1.165, 1.54) is 19.5 Å². The van der Waals surface area contributed by atoms with Crippen molar-refractivity contribution in [2.75, 3.05) is 19.3 Å². The summed E-state index contributed by atoms with van der Waals surface area (Å²) in [6.07, 6.45) is 3.53. The summed E-state index contributed by atoms with van der Waals surface area (Å²) in [6.45, 7) is 6.78. The molecule has 72 valence electrons. The molecule has 2 nitrogen and oxygen atoms in total. The van der Waals surface area contributed by atoms with Gasteiger partial charge in [0.05, 0.1) is 0 Å². The average molecular weight is 188 g/mol. The molecule has 1 rings (SSSR count). The van der Waals surface area contributed by atoms with E-state index in [2.05, 4.69) is 25.0 Å². The lowest BCUT2D eigenvalue weighted by Gasteiger charge is -2.27. The summed E-state index contributed by atoms with van der Waals surface area (Å²) >= 11 is 1.98. The van der Waals surface area contributed by atoms with Crippen LogP contribution in [0.2, 0.25) is 0 Å². The van der Waals surface area contributed by atoms with Crippen molar-refractivity contribution in [3.05, 3.63) is 0 Å². The molecule has 0 aromatic carbocycles. The Labute approximate surface area is 79.9 Å². The highest BCUT2D eigenvalue weighted by atomic mass is 32.2. The molecule has 2 N–H and O–H groups in total. The molecule has 1 aliphatic rings. The van der Waals surface area contributed by atoms with Crippen LogP contribution in [0.5, 0.6) is 0 Å². The van der Waals surface area contributed by atoms with Gasteiger partial charge in [-0.2, -0.15) is 11.8 Å². The van der Waals surface area contributed by atoms with E-state index in [-0.39, 0.29) is 0 Å². The Hall–Kier alpha value is 0.270. The predicted octanol–water partition coefficient (Wildman–Crippen LogP) is 1.16. The van der Waals surface area contributed by atoms with E-state index in [1.807, 2.05) is 11.8 Å². The first-order chi connectivity index (χ1) is 5.65. The fraction of sp³-hybridized carbons (Fsp3) is 1.00. The molecule has 1 saturated heterocycles. The molecule has 3 heteroatoms. The van der Waals surface area contributed by atoms with Gasteiger partial charge < -0.3 is 5.73 Å². The van der Waals surface area contributed by atoms with Crippen molar-refractivity contribution in [2.24, 2.45) is 5.73 Å². The highest BCUT2D eigenvalue weighted by Gasteiger charge is 2.26. The van der Waals surface area contributed by atoms with Crippen LogP contribution in [-0.4, -0.2) is 41.6 Å². The van der Waals surface area contributed by atoms with Gasteiger partial charge in [0.2, 0.25) is 0 Å². The van der Waals surface area contributed by atoms with Crippen molar-refractivity contribution >= 4 is 11.8 Å². The molecular weight excluding hydrogens is 168 g/mol. The Morgan fingerprint density at radius 1 is 1.50 bits per heavy atom. The van der Waals surface area contributed by atoms with Gasteiger partial charge in [0.15, 0.2) is 0 Å². The van der Waals surface area contributed by atoms with E-state index in [4.69, 9.17) is 5.73 Å². The van der Waals surface area contributed by atoms with Crippen LogP contribution in [0.25, 0.3) is 0 Å². The van der Waals surface area contributed by atoms with Gasteiger partial charge in [-0.3, -0.25) is 4.90 Å². The van der Waals surface area contributed by atoms with Crippen molar-refractivity contribution in [2.45, 2.75) is 37.6 Å². The highest BCUT2D eigenvalue weighted by molar-refractivity contribution is 7.99. The molecule has 3 atom stereocenters. The summed E-state index contributed by atoms with van der Waals surface area (Å²) in [4.78, 5) is 2.51. The van der Waals surface area contributed by atoms with E-state index in [0.717, 1.165) is 5.25 Å². The standard InChI is InChI=1S/C9H20N2S/c1-7(10)8(2)11-5-4-9(6-11)12-3/h7-9H,4-6,10H2,1-3H3. The van der Waals surface area contributed by atoms with Crippen molar-refractivity contribution < 1.29 is 0 Å². The van der Waals surface area contributed by atoms with E-state index < -0.39 is 0 Å². The van der Waals surface area contributed by atoms with Crippen LogP contribution < -0.4 is 5.73 Å². The molecule has 0 aromatic heterocycles. The average Bonchev–Trinajstić information content (AvgIpc) is 2.50. The van der Waals surface area contributed by atoms with Crippen LogP contribution in [0.1, 0.15) is 20.3 Å². The second-order valence-electron chi connectivity index (χ2n) is 3.74. The summed E-state index contributed by atoms with van der Waals surface area (Å²) < 4.78 is 0. The lowest BCUT2D eigenvalue weighted by molar-refractivity contribution is 0.234. The second-order valence-corrected chi connectivity index (χ2v) is 4.88. The van der Waals surface area contributed by atoms with E-state index >= 15 is 0 Å². The maximum absolute atomic E-state index is 5.85. The molecule has 1 heterocycles. The Balaban J connectivity index is 2.35. The van der Waals surface area contributed by atoms with Crippen molar-refractivity contribution in [1.29, 1.82) is 0 Å². The quantitative estimate of drug-likeness (QED) is 0.720. The maximum Gasteiger partial charge on any atom is 0.0216 e. The molecule has 1 aliphatic heterocycles. The van der Waals surface area contributed by atoms with Crippen LogP contribution in [0, 0.1) is 0 Å². The molecular formula is C9H20N2S. The second kappa shape index (κ2) is 4.49. The zero-order valence-corrected chi connectivity index (χ0v) is 9.10. The fourth-order valence-corrected chi connectivity index (χ4v) is 2.33. The zero-order chi connectivity index (χ0) is 9.14. The maximum atomic E-state index is 5.85. The normalized spacial score (nSPS) is 30.5. The summed E-state index contributed by atoms with van der Waals surface area (Å²) in [6, 6.07) is 0.841. The fourth-order valence-electron chi connectivity index (χ4n) is 1.65. The van der Waals surface area contributed by atoms with Gasteiger partial charge in [0.25, 0.3) is 0 Å². The van der Waals surface area contributed by atoms with Gasteiger partial charge in [-0.25, -0.2) is 0 Å². The number of rotatable bonds is 3. The van der Waals surface area contributed by atoms with Crippen molar-refractivity contribution in [3.8, 4) is 0 Å². The minimum atomic E-state index is 0.297. The smallest absolute Gasteiger partial charge is 0.0216 e. The van der Waals surface area contributed by atoms with E-state index in [1.54, 1.807) is 0 Å². The first-order valence-corrected chi connectivity index (χ1v) is 5.96. The van der Waals surface area contributed by atoms with Gasteiger partial charge in [0.1, 0.15) is 0 Å². The van der Waals surface area contributed by atoms with Crippen LogP contribution in [-0.2, 0) is 0 Å². The lowest BCUT2D eigenvalue weighted by Crippen LogP contribution is -2.43. The summed E-state index contributed by atoms with van der Waals surface area (Å²) in [5.41, 5.74) is 5.85. The monoisotopic (exact) mass is 188 g/mol. The molecule has 0 saturated carbocycles. The Morgan fingerprint density at radius 3 is 2.58 bits per heavy atom. The van der Waals surface area contributed by atoms with Crippen LogP contribution in [0.3, 0.4) is 0 Å². The Morgan fingerprint density at radius 2 is 2.17 bits per heavy atom. The molecule has 0 radical (unpaired) electrons. The third-order valence-corrected chi connectivity index (χ3v) is 3.90. The van der Waals surface area contributed by atoms with Gasteiger partial charge in [-0.15, -0.1) is 0 Å². The largest absolute Gasteiger partial charge is 0.327 e. The number of nitrogens with two attached hydrogens (primary N) is 1. The van der Waals surface area contributed by atoms with Crippen molar-refractivity contribution in [1.82, 2.24) is 4.90 Å². The minimum absolute atomic E-state index is 0.297. The molecule has 0 amide bonds. The molecule has 0 bridgehead atoms. The minimum Gasteiger partial charge on any atom is -0.327 e. The van der Waals surface area contributed by atoms with Crippen LogP contribution in [0.15, 0.2) is 0 Å². The molecule has 3 unspecified atom stereocenters. The van der Waals surface area contributed by atoms with Crippen LogP contribution in [0.4, 0.5) is 0 Å². The summed E-state index contributed by atoms with van der Waals surface area (Å²) in [5.74, 6) is 0. The molecule has 0 aromatic rings. The number of hydrogen-bond donors (Lipinski definition) is 1. The van der Waals surface area contributed by atoms with E-state index in [0.29, 0.717) is 12.1 Å². The van der Waals surface area contributed by atoms with Gasteiger partial charge in [-0.05, 0) is 33.1 Å². The molecule has 12 heavy (non-hydrogen) atoms. The molecule has 0 spiro atoms. The van der Waals surface area contributed by atoms with Gasteiger partial charge in [0, 0.05) is 23.9 Å². The first-order valence-electron chi connectivity index (χ1n) is 4.67. The van der Waals surface area contributed by atoms with Crippen molar-refractivity contribution in [3.63, 3.8) is 0 Å². The van der Waals surface area contributed by atoms with Gasteiger partial charge >= 0.3 is 0 Å². The summed E-state index contributed by atoms with van der Waals surface area (Å²) in [5, 5.41) is 0.839. The Kier molecular flexibility index (Phi) is 3.87. The Bertz CT molecular complexity index is 138. The zero-order valence-electron chi connectivity index (χ0n) is 8.29. The molecule has 0 aliphatic carbocycles. The SMILES string of the molecule is CSC1CCN(C(C)C(C)N)C1. The predicted molar refractivity (Wildman–Crippen MR) is 56.6 cm³/mol. The molecule has 1 fully saturated rings. The highest BCUT2D eigenvalue weighted by Crippen LogP contribution is 2.22. The lowest BCUT2D eigenvalue weighted by atomic mass is 10.1.